The van der Waals surface area contributed by atoms with Crippen LogP contribution in [0.1, 0.15) is 16.4 Å². The summed E-state index contributed by atoms with van der Waals surface area (Å²) in [6, 6.07) is 5.70. The Hall–Kier alpha value is -2.15. The third-order valence-electron chi connectivity index (χ3n) is 3.06. The molecule has 0 spiro atoms. The minimum Gasteiger partial charge on any atom is -0.481 e. The Bertz CT molecular complexity index is 640. The third kappa shape index (κ3) is 4.42. The van der Waals surface area contributed by atoms with Gasteiger partial charge >= 0.3 is 0 Å². The number of aliphatic imine (C=N–C) groups is 1. The average molecular weight is 319 g/mol. The fraction of sp³-hybridized carbons (Fsp3) is 0.400. The average Bonchev–Trinajstić information content (AvgIpc) is 2.93. The van der Waals surface area contributed by atoms with Crippen molar-refractivity contribution in [1.82, 2.24) is 20.2 Å². The molecule has 2 heterocycles. The van der Waals surface area contributed by atoms with E-state index >= 15 is 0 Å². The van der Waals surface area contributed by atoms with Gasteiger partial charge in [-0.15, -0.1) is 11.3 Å². The van der Waals surface area contributed by atoms with Crippen molar-refractivity contribution in [3.63, 3.8) is 0 Å². The molecule has 22 heavy (non-hydrogen) atoms. The van der Waals surface area contributed by atoms with E-state index in [-0.39, 0.29) is 0 Å². The maximum absolute atomic E-state index is 5.13. The van der Waals surface area contributed by atoms with Crippen LogP contribution >= 0.6 is 11.3 Å². The van der Waals surface area contributed by atoms with Crippen LogP contribution in [0.15, 0.2) is 28.6 Å². The maximum atomic E-state index is 5.13. The zero-order chi connectivity index (χ0) is 15.9. The van der Waals surface area contributed by atoms with Gasteiger partial charge < -0.3 is 15.0 Å². The number of nitrogens with one attached hydrogen (secondary N) is 1. The summed E-state index contributed by atoms with van der Waals surface area (Å²) < 4.78 is 5.13. The Morgan fingerprint density at radius 2 is 2.18 bits per heavy atom. The summed E-state index contributed by atoms with van der Waals surface area (Å²) in [5.74, 6) is 1.41. The maximum Gasteiger partial charge on any atom is 0.213 e. The molecule has 0 radical (unpaired) electrons. The monoisotopic (exact) mass is 319 g/mol. The first-order chi connectivity index (χ1) is 10.6. The molecule has 2 aromatic heterocycles. The van der Waals surface area contributed by atoms with Gasteiger partial charge in [0, 0.05) is 25.5 Å². The molecule has 7 heteroatoms. The summed E-state index contributed by atoms with van der Waals surface area (Å²) >= 11 is 1.66. The molecule has 0 fully saturated rings. The summed E-state index contributed by atoms with van der Waals surface area (Å²) in [4.78, 5) is 15.2. The number of pyridine rings is 1. The molecule has 0 unspecified atom stereocenters. The van der Waals surface area contributed by atoms with Gasteiger partial charge in [0.15, 0.2) is 5.96 Å². The number of hydrogen-bond acceptors (Lipinski definition) is 5. The molecule has 0 aliphatic carbocycles. The largest absolute Gasteiger partial charge is 0.481 e. The van der Waals surface area contributed by atoms with Gasteiger partial charge in [0.2, 0.25) is 5.88 Å². The van der Waals surface area contributed by atoms with E-state index in [2.05, 4.69) is 25.7 Å². The van der Waals surface area contributed by atoms with E-state index in [1.165, 1.54) is 0 Å². The smallest absolute Gasteiger partial charge is 0.213 e. The second kappa shape index (κ2) is 7.74. The van der Waals surface area contributed by atoms with Crippen LogP contribution in [-0.4, -0.2) is 42.0 Å². The number of rotatable bonds is 5. The molecular weight excluding hydrogens is 298 g/mol. The second-order valence-corrected chi connectivity index (χ2v) is 5.85. The Labute approximate surface area is 134 Å². The molecule has 0 amide bonds. The molecule has 0 aliphatic heterocycles. The molecule has 2 aromatic rings. The van der Waals surface area contributed by atoms with Crippen molar-refractivity contribution < 1.29 is 4.74 Å². The van der Waals surface area contributed by atoms with Crippen molar-refractivity contribution in [3.8, 4) is 5.88 Å². The van der Waals surface area contributed by atoms with Crippen molar-refractivity contribution in [2.75, 3.05) is 21.2 Å². The number of aryl methyl sites for hydroxylation is 1. The summed E-state index contributed by atoms with van der Waals surface area (Å²) in [7, 11) is 5.37. The van der Waals surface area contributed by atoms with Gasteiger partial charge in [0.05, 0.1) is 36.6 Å². The summed E-state index contributed by atoms with van der Waals surface area (Å²) in [5, 5.41) is 6.45. The highest BCUT2D eigenvalue weighted by molar-refractivity contribution is 7.09. The van der Waals surface area contributed by atoms with E-state index in [0.717, 1.165) is 28.9 Å². The van der Waals surface area contributed by atoms with Crippen LogP contribution in [-0.2, 0) is 13.1 Å². The molecule has 2 rings (SSSR count). The molecule has 118 valence electrons. The highest BCUT2D eigenvalue weighted by atomic mass is 32.1. The number of hydrogen-bond donors (Lipinski definition) is 1. The van der Waals surface area contributed by atoms with Gasteiger partial charge in [-0.1, -0.05) is 6.07 Å². The van der Waals surface area contributed by atoms with Gasteiger partial charge in [-0.2, -0.15) is 0 Å². The lowest BCUT2D eigenvalue weighted by molar-refractivity contribution is 0.396. The lowest BCUT2D eigenvalue weighted by atomic mass is 10.3. The van der Waals surface area contributed by atoms with Gasteiger partial charge in [0.1, 0.15) is 0 Å². The van der Waals surface area contributed by atoms with Crippen molar-refractivity contribution in [3.05, 3.63) is 40.0 Å². The van der Waals surface area contributed by atoms with Crippen LogP contribution in [0, 0.1) is 6.92 Å². The molecular formula is C15H21N5OS. The highest BCUT2D eigenvalue weighted by Gasteiger charge is 2.09. The van der Waals surface area contributed by atoms with E-state index in [1.54, 1.807) is 25.5 Å². The van der Waals surface area contributed by atoms with Crippen molar-refractivity contribution in [1.29, 1.82) is 0 Å². The van der Waals surface area contributed by atoms with Gasteiger partial charge in [-0.3, -0.25) is 4.99 Å². The first-order valence-electron chi connectivity index (χ1n) is 6.95. The first-order valence-corrected chi connectivity index (χ1v) is 7.83. The van der Waals surface area contributed by atoms with Crippen LogP contribution in [0.5, 0.6) is 5.88 Å². The van der Waals surface area contributed by atoms with E-state index < -0.39 is 0 Å². The van der Waals surface area contributed by atoms with Crippen LogP contribution in [0.4, 0.5) is 0 Å². The molecule has 0 aromatic carbocycles. The van der Waals surface area contributed by atoms with E-state index in [0.29, 0.717) is 12.4 Å². The fourth-order valence-corrected chi connectivity index (χ4v) is 2.63. The summed E-state index contributed by atoms with van der Waals surface area (Å²) in [6.07, 6.45) is 0. The Morgan fingerprint density at radius 3 is 2.82 bits per heavy atom. The number of ether oxygens (including phenoxy) is 1. The molecule has 0 saturated carbocycles. The van der Waals surface area contributed by atoms with Crippen molar-refractivity contribution in [2.24, 2.45) is 4.99 Å². The van der Waals surface area contributed by atoms with E-state index in [4.69, 9.17) is 4.74 Å². The lowest BCUT2D eigenvalue weighted by Gasteiger charge is -2.21. The quantitative estimate of drug-likeness (QED) is 0.675. The van der Waals surface area contributed by atoms with Gasteiger partial charge in [0.25, 0.3) is 0 Å². The molecule has 0 bridgehead atoms. The van der Waals surface area contributed by atoms with Gasteiger partial charge in [-0.25, -0.2) is 9.97 Å². The molecule has 6 nitrogen and oxygen atoms in total. The Balaban J connectivity index is 1.93. The minimum atomic E-state index is 0.588. The first kappa shape index (κ1) is 16.2. The standard InChI is InChI=1S/C15H21N5OS/c1-11-18-13(10-22-11)9-20(3)15(16-2)17-8-12-6-5-7-14(19-12)21-4/h5-7,10H,8-9H2,1-4H3,(H,16,17). The molecule has 0 atom stereocenters. The lowest BCUT2D eigenvalue weighted by Crippen LogP contribution is -2.38. The summed E-state index contributed by atoms with van der Waals surface area (Å²) in [6.45, 7) is 3.32. The zero-order valence-electron chi connectivity index (χ0n) is 13.3. The molecule has 0 aliphatic rings. The van der Waals surface area contributed by atoms with E-state index in [1.807, 2.05) is 37.1 Å². The number of aromatic nitrogens is 2. The SMILES string of the molecule is CN=C(NCc1cccc(OC)n1)N(C)Cc1csc(C)n1. The van der Waals surface area contributed by atoms with E-state index in [9.17, 15) is 0 Å². The second-order valence-electron chi connectivity index (χ2n) is 4.79. The minimum absolute atomic E-state index is 0.588. The number of nitrogens with zero attached hydrogens (tertiary/aromatic N) is 4. The number of guanidine groups is 1. The Kier molecular flexibility index (Phi) is 5.71. The normalized spacial score (nSPS) is 11.4. The van der Waals surface area contributed by atoms with Crippen LogP contribution in [0.25, 0.3) is 0 Å². The topological polar surface area (TPSA) is 62.6 Å². The summed E-state index contributed by atoms with van der Waals surface area (Å²) in [5.41, 5.74) is 1.95. The van der Waals surface area contributed by atoms with Crippen LogP contribution in [0.3, 0.4) is 0 Å². The molecule has 0 saturated heterocycles. The van der Waals surface area contributed by atoms with Crippen molar-refractivity contribution in [2.45, 2.75) is 20.0 Å². The highest BCUT2D eigenvalue weighted by Crippen LogP contribution is 2.10. The Morgan fingerprint density at radius 1 is 1.36 bits per heavy atom. The predicted octanol–water partition coefficient (Wildman–Crippen LogP) is 2.06. The fourth-order valence-electron chi connectivity index (χ4n) is 2.02. The third-order valence-corrected chi connectivity index (χ3v) is 3.88. The van der Waals surface area contributed by atoms with Crippen LogP contribution < -0.4 is 10.1 Å². The predicted molar refractivity (Wildman–Crippen MR) is 89.3 cm³/mol. The number of thiazole rings is 1. The van der Waals surface area contributed by atoms with Crippen molar-refractivity contribution >= 4 is 17.3 Å². The number of methoxy groups -OCH3 is 1. The zero-order valence-corrected chi connectivity index (χ0v) is 14.1. The molecule has 1 N–H and O–H groups in total. The van der Waals surface area contributed by atoms with Crippen LogP contribution in [0.2, 0.25) is 0 Å². The van der Waals surface area contributed by atoms with Gasteiger partial charge in [-0.05, 0) is 13.0 Å².